The van der Waals surface area contributed by atoms with Gasteiger partial charge in [-0.15, -0.1) is 0 Å². The summed E-state index contributed by atoms with van der Waals surface area (Å²) < 4.78 is 2.02. The van der Waals surface area contributed by atoms with Gasteiger partial charge in [0.1, 0.15) is 5.75 Å². The molecule has 2 heterocycles. The number of fused-ring (bicyclic) bond motifs is 1. The van der Waals surface area contributed by atoms with Crippen LogP contribution in [0.3, 0.4) is 0 Å². The molecule has 2 aromatic carbocycles. The van der Waals surface area contributed by atoms with Crippen LogP contribution in [0.15, 0.2) is 48.5 Å². The molecule has 1 aromatic heterocycles. The zero-order chi connectivity index (χ0) is 18.1. The Hall–Kier alpha value is -2.30. The monoisotopic (exact) mass is 367 g/mol. The van der Waals surface area contributed by atoms with Crippen molar-refractivity contribution in [1.82, 2.24) is 14.7 Å². The van der Waals surface area contributed by atoms with E-state index in [1.165, 1.54) is 22.5 Å². The molecule has 1 aliphatic heterocycles. The molecule has 0 unspecified atom stereocenters. The Labute approximate surface area is 158 Å². The number of hydrogen-bond donors (Lipinski definition) is 1. The highest BCUT2D eigenvalue weighted by Crippen LogP contribution is 2.30. The van der Waals surface area contributed by atoms with E-state index in [9.17, 15) is 5.11 Å². The number of phenolic OH excluding ortho intramolecular Hbond substituents is 1. The molecule has 1 N–H and O–H groups in total. The number of aryl methyl sites for hydroxylation is 1. The van der Waals surface area contributed by atoms with Crippen LogP contribution in [0.1, 0.15) is 16.8 Å². The summed E-state index contributed by atoms with van der Waals surface area (Å²) in [5, 5.41) is 15.1. The van der Waals surface area contributed by atoms with E-state index >= 15 is 0 Å². The number of phenols is 1. The van der Waals surface area contributed by atoms with Crippen LogP contribution in [0.25, 0.3) is 11.3 Å². The summed E-state index contributed by atoms with van der Waals surface area (Å²) in [6.45, 7) is 2.62. The quantitative estimate of drug-likeness (QED) is 0.759. The van der Waals surface area contributed by atoms with E-state index in [-0.39, 0.29) is 5.75 Å². The Morgan fingerprint density at radius 2 is 1.81 bits per heavy atom. The molecule has 26 heavy (non-hydrogen) atoms. The van der Waals surface area contributed by atoms with Crippen LogP contribution in [0.5, 0.6) is 5.75 Å². The Morgan fingerprint density at radius 3 is 2.62 bits per heavy atom. The van der Waals surface area contributed by atoms with Gasteiger partial charge in [0.25, 0.3) is 0 Å². The highest BCUT2D eigenvalue weighted by molar-refractivity contribution is 6.32. The highest BCUT2D eigenvalue weighted by Gasteiger charge is 2.22. The van der Waals surface area contributed by atoms with Crippen molar-refractivity contribution in [2.75, 3.05) is 13.1 Å². The second kappa shape index (κ2) is 7.14. The van der Waals surface area contributed by atoms with Crippen LogP contribution in [0, 0.1) is 0 Å². The summed E-state index contributed by atoms with van der Waals surface area (Å²) in [5.41, 5.74) is 5.94. The van der Waals surface area contributed by atoms with E-state index in [4.69, 9.17) is 16.7 Å². The first-order chi connectivity index (χ1) is 12.6. The molecule has 134 valence electrons. The number of benzene rings is 2. The Bertz CT molecular complexity index is 921. The molecule has 0 fully saturated rings. The SMILES string of the molecule is Cn1nc2c(c1-c1ccccc1)CCN(Cc1cccc(O)c1Cl)CC2. The predicted molar refractivity (Wildman–Crippen MR) is 104 cm³/mol. The van der Waals surface area contributed by atoms with Crippen molar-refractivity contribution >= 4 is 11.6 Å². The summed E-state index contributed by atoms with van der Waals surface area (Å²) in [6, 6.07) is 15.9. The third-order valence-electron chi connectivity index (χ3n) is 5.07. The van der Waals surface area contributed by atoms with Crippen LogP contribution in [0.2, 0.25) is 5.02 Å². The fourth-order valence-electron chi connectivity index (χ4n) is 3.78. The maximum absolute atomic E-state index is 9.82. The summed E-state index contributed by atoms with van der Waals surface area (Å²) in [7, 11) is 2.03. The lowest BCUT2D eigenvalue weighted by Crippen LogP contribution is -2.26. The average Bonchev–Trinajstić information content (AvgIpc) is 2.84. The topological polar surface area (TPSA) is 41.3 Å². The minimum atomic E-state index is 0.149. The minimum Gasteiger partial charge on any atom is -0.506 e. The maximum atomic E-state index is 9.82. The number of nitrogens with zero attached hydrogens (tertiary/aromatic N) is 3. The van der Waals surface area contributed by atoms with Crippen LogP contribution in [-0.2, 0) is 26.4 Å². The van der Waals surface area contributed by atoms with E-state index in [0.717, 1.165) is 38.0 Å². The smallest absolute Gasteiger partial charge is 0.134 e. The molecule has 0 saturated heterocycles. The molecule has 0 atom stereocenters. The molecule has 3 aromatic rings. The van der Waals surface area contributed by atoms with E-state index in [1.54, 1.807) is 6.07 Å². The van der Waals surface area contributed by atoms with Crippen molar-refractivity contribution in [2.24, 2.45) is 7.05 Å². The standard InChI is InChI=1S/C21H22ClN3O/c1-24-21(15-6-3-2-4-7-15)17-10-12-25(13-11-18(17)23-24)14-16-8-5-9-19(26)20(16)22/h2-9,26H,10-14H2,1H3. The first kappa shape index (κ1) is 17.1. The van der Waals surface area contributed by atoms with Crippen LogP contribution in [0.4, 0.5) is 0 Å². The van der Waals surface area contributed by atoms with Crippen LogP contribution >= 0.6 is 11.6 Å². The summed E-state index contributed by atoms with van der Waals surface area (Å²) in [6.07, 6.45) is 1.89. The van der Waals surface area contributed by atoms with Gasteiger partial charge in [-0.1, -0.05) is 54.1 Å². The third-order valence-corrected chi connectivity index (χ3v) is 5.51. The van der Waals surface area contributed by atoms with E-state index in [0.29, 0.717) is 5.02 Å². The van der Waals surface area contributed by atoms with Crippen molar-refractivity contribution in [1.29, 1.82) is 0 Å². The van der Waals surface area contributed by atoms with Gasteiger partial charge in [0.15, 0.2) is 0 Å². The number of aromatic hydroxyl groups is 1. The molecular weight excluding hydrogens is 346 g/mol. The highest BCUT2D eigenvalue weighted by atomic mass is 35.5. The van der Waals surface area contributed by atoms with Crippen LogP contribution in [-0.4, -0.2) is 32.9 Å². The van der Waals surface area contributed by atoms with Crippen molar-refractivity contribution in [3.63, 3.8) is 0 Å². The van der Waals surface area contributed by atoms with Crippen LogP contribution < -0.4 is 0 Å². The van der Waals surface area contributed by atoms with Crippen molar-refractivity contribution in [3.05, 3.63) is 70.4 Å². The second-order valence-electron chi connectivity index (χ2n) is 6.79. The van der Waals surface area contributed by atoms with Crippen molar-refractivity contribution in [2.45, 2.75) is 19.4 Å². The van der Waals surface area contributed by atoms with E-state index in [1.807, 2.05) is 29.9 Å². The summed E-state index contributed by atoms with van der Waals surface area (Å²) in [5.74, 6) is 0.149. The molecule has 0 amide bonds. The van der Waals surface area contributed by atoms with Gasteiger partial charge in [0, 0.05) is 44.2 Å². The normalized spacial score (nSPS) is 14.8. The van der Waals surface area contributed by atoms with Crippen molar-refractivity contribution in [3.8, 4) is 17.0 Å². The minimum absolute atomic E-state index is 0.149. The number of halogens is 1. The number of hydrogen-bond acceptors (Lipinski definition) is 3. The lowest BCUT2D eigenvalue weighted by molar-refractivity contribution is 0.278. The third kappa shape index (κ3) is 3.22. The first-order valence-corrected chi connectivity index (χ1v) is 9.30. The van der Waals surface area contributed by atoms with E-state index < -0.39 is 0 Å². The van der Waals surface area contributed by atoms with Gasteiger partial charge in [0.2, 0.25) is 0 Å². The van der Waals surface area contributed by atoms with Gasteiger partial charge in [-0.3, -0.25) is 9.58 Å². The first-order valence-electron chi connectivity index (χ1n) is 8.92. The van der Waals surface area contributed by atoms with Crippen molar-refractivity contribution < 1.29 is 5.11 Å². The Morgan fingerprint density at radius 1 is 1.04 bits per heavy atom. The zero-order valence-electron chi connectivity index (χ0n) is 14.8. The largest absolute Gasteiger partial charge is 0.506 e. The lowest BCUT2D eigenvalue weighted by atomic mass is 10.0. The lowest BCUT2D eigenvalue weighted by Gasteiger charge is -2.21. The number of rotatable bonds is 3. The van der Waals surface area contributed by atoms with Gasteiger partial charge in [-0.05, 0) is 18.1 Å². The Balaban J connectivity index is 1.57. The molecule has 5 heteroatoms. The molecule has 1 aliphatic rings. The molecule has 4 nitrogen and oxygen atoms in total. The second-order valence-corrected chi connectivity index (χ2v) is 7.17. The molecule has 0 saturated carbocycles. The molecule has 0 bridgehead atoms. The van der Waals surface area contributed by atoms with Gasteiger partial charge < -0.3 is 5.11 Å². The molecule has 4 rings (SSSR count). The van der Waals surface area contributed by atoms with Gasteiger partial charge in [-0.25, -0.2) is 0 Å². The Kier molecular flexibility index (Phi) is 4.70. The fourth-order valence-corrected chi connectivity index (χ4v) is 3.96. The van der Waals surface area contributed by atoms with Gasteiger partial charge >= 0.3 is 0 Å². The van der Waals surface area contributed by atoms with Gasteiger partial charge in [0.05, 0.1) is 16.4 Å². The zero-order valence-corrected chi connectivity index (χ0v) is 15.6. The van der Waals surface area contributed by atoms with Gasteiger partial charge in [-0.2, -0.15) is 5.10 Å². The molecular formula is C21H22ClN3O. The predicted octanol–water partition coefficient (Wildman–Crippen LogP) is 4.05. The average molecular weight is 368 g/mol. The van der Waals surface area contributed by atoms with E-state index in [2.05, 4.69) is 29.2 Å². The molecule has 0 spiro atoms. The summed E-state index contributed by atoms with van der Waals surface area (Å²) in [4.78, 5) is 2.39. The summed E-state index contributed by atoms with van der Waals surface area (Å²) >= 11 is 6.25. The molecule has 0 radical (unpaired) electrons. The molecule has 0 aliphatic carbocycles. The number of aromatic nitrogens is 2. The maximum Gasteiger partial charge on any atom is 0.134 e. The fraction of sp³-hybridized carbons (Fsp3) is 0.286.